The van der Waals surface area contributed by atoms with Crippen molar-refractivity contribution in [2.24, 2.45) is 0 Å². The van der Waals surface area contributed by atoms with Crippen molar-refractivity contribution in [3.05, 3.63) is 0 Å². The van der Waals surface area contributed by atoms with Gasteiger partial charge in [-0.1, -0.05) is 8.93 Å². The molecule has 0 aliphatic rings. The maximum Gasteiger partial charge on any atom is 0.203 e. The fourth-order valence-corrected chi connectivity index (χ4v) is 3.23. The summed E-state index contributed by atoms with van der Waals surface area (Å²) in [6.45, 7) is 0. The van der Waals surface area contributed by atoms with Crippen molar-refractivity contribution in [3.8, 4) is 0 Å². The van der Waals surface area contributed by atoms with Crippen LogP contribution in [0.5, 0.6) is 0 Å². The zero-order chi connectivity index (χ0) is 4.99. The summed E-state index contributed by atoms with van der Waals surface area (Å²) in [5.74, 6) is 0.626. The summed E-state index contributed by atoms with van der Waals surface area (Å²) in [5, 5.41) is 0. The molecule has 0 radical (unpaired) electrons. The van der Waals surface area contributed by atoms with E-state index in [9.17, 15) is 4.79 Å². The Balaban J connectivity index is 2.83. The van der Waals surface area contributed by atoms with Crippen molar-refractivity contribution in [2.75, 3.05) is 5.75 Å². The van der Waals surface area contributed by atoms with E-state index in [0.29, 0.717) is 5.75 Å². The minimum atomic E-state index is 0.215. The van der Waals surface area contributed by atoms with E-state index in [2.05, 4.69) is 21.2 Å². The smallest absolute Gasteiger partial charge is 0.203 e. The molecule has 0 spiro atoms. The minimum absolute atomic E-state index is 0.215. The number of halogens is 2. The molecule has 0 unspecified atom stereocenters. The first-order valence-corrected chi connectivity index (χ1v) is 5.80. The number of carbonyl (C=O) groups excluding carboxylic acids is 1. The van der Waals surface area contributed by atoms with Gasteiger partial charge in [0.2, 0.25) is 3.79 Å². The summed E-state index contributed by atoms with van der Waals surface area (Å²) in [7, 11) is 1.52. The molecular weight excluding hydrogens is 326 g/mol. The van der Waals surface area contributed by atoms with Crippen molar-refractivity contribution in [3.63, 3.8) is 0 Å². The first kappa shape index (κ1) is 7.48. The Morgan fingerprint density at radius 3 is 2.33 bits per heavy atom. The maximum absolute atomic E-state index is 10.0. The first-order chi connectivity index (χ1) is 2.77. The highest BCUT2D eigenvalue weighted by atomic mass is 127. The predicted octanol–water partition coefficient (Wildman–Crippen LogP) is 2.03. The van der Waals surface area contributed by atoms with Crippen molar-refractivity contribution < 1.29 is 4.79 Å². The van der Waals surface area contributed by atoms with Gasteiger partial charge in [0, 0.05) is 22.6 Å². The van der Waals surface area contributed by atoms with E-state index in [4.69, 9.17) is 0 Å². The van der Waals surface area contributed by atoms with Crippen molar-refractivity contribution in [2.45, 2.75) is 0 Å². The molecule has 0 amide bonds. The Morgan fingerprint density at radius 1 is 1.83 bits per heavy atom. The van der Waals surface area contributed by atoms with E-state index < -0.39 is 0 Å². The molecule has 0 saturated carbocycles. The van der Waals surface area contributed by atoms with Gasteiger partial charge in [-0.15, -0.1) is 0 Å². The third-order valence-corrected chi connectivity index (χ3v) is 2.37. The third-order valence-electron chi connectivity index (χ3n) is 0.168. The van der Waals surface area contributed by atoms with Gasteiger partial charge in [-0.25, -0.2) is 0 Å². The predicted molar refractivity (Wildman–Crippen MR) is 45.5 cm³/mol. The number of carbonyl (C=O) groups is 1. The molecule has 0 aromatic carbocycles. The molecule has 0 aromatic heterocycles. The Kier molecular flexibility index (Phi) is 5.78. The topological polar surface area (TPSA) is 17.1 Å². The molecule has 6 heavy (non-hydrogen) atoms. The molecule has 0 atom stereocenters. The highest BCUT2D eigenvalue weighted by Crippen LogP contribution is 2.11. The van der Waals surface area contributed by atoms with E-state index in [1.807, 2.05) is 0 Å². The molecule has 0 fully saturated rings. The molecule has 0 aromatic rings. The standard InChI is InChI=1S/C2H2I2OS/c3-2(5)1-6-4/h1H2. The zero-order valence-corrected chi connectivity index (χ0v) is 7.91. The van der Waals surface area contributed by atoms with Gasteiger partial charge in [-0.3, -0.25) is 4.79 Å². The molecule has 0 aliphatic carbocycles. The monoisotopic (exact) mass is 328 g/mol. The van der Waals surface area contributed by atoms with Gasteiger partial charge < -0.3 is 0 Å². The summed E-state index contributed by atoms with van der Waals surface area (Å²) >= 11 is 3.87. The van der Waals surface area contributed by atoms with Crippen LogP contribution in [0.25, 0.3) is 0 Å². The van der Waals surface area contributed by atoms with Gasteiger partial charge in [0.1, 0.15) is 0 Å². The van der Waals surface area contributed by atoms with E-state index in [0.717, 1.165) is 0 Å². The van der Waals surface area contributed by atoms with E-state index >= 15 is 0 Å². The zero-order valence-electron chi connectivity index (χ0n) is 2.78. The lowest BCUT2D eigenvalue weighted by molar-refractivity contribution is -0.107. The molecule has 0 saturated heterocycles. The van der Waals surface area contributed by atoms with Gasteiger partial charge >= 0.3 is 0 Å². The van der Waals surface area contributed by atoms with Crippen molar-refractivity contribution >= 4 is 56.5 Å². The second-order valence-electron chi connectivity index (χ2n) is 0.609. The quantitative estimate of drug-likeness (QED) is 0.570. The highest BCUT2D eigenvalue weighted by Gasteiger charge is 1.88. The number of hydrogen-bond donors (Lipinski definition) is 0. The fraction of sp³-hybridized carbons (Fsp3) is 0.500. The molecule has 0 aliphatic heterocycles. The van der Waals surface area contributed by atoms with Crippen LogP contribution < -0.4 is 0 Å². The SMILES string of the molecule is O=C(I)CSI. The first-order valence-electron chi connectivity index (χ1n) is 1.19. The lowest BCUT2D eigenvalue weighted by Crippen LogP contribution is -1.82. The molecule has 0 rings (SSSR count). The van der Waals surface area contributed by atoms with Gasteiger partial charge in [0.05, 0.1) is 5.75 Å². The molecule has 0 heterocycles. The van der Waals surface area contributed by atoms with E-state index in [-0.39, 0.29) is 3.79 Å². The summed E-state index contributed by atoms with van der Waals surface area (Å²) in [4.78, 5) is 10.0. The van der Waals surface area contributed by atoms with Crippen LogP contribution in [-0.2, 0) is 4.79 Å². The average Bonchev–Trinajstić information content (AvgIpc) is 1.35. The molecule has 36 valence electrons. The van der Waals surface area contributed by atoms with E-state index in [1.54, 1.807) is 22.6 Å². The third kappa shape index (κ3) is 5.48. The molecular formula is C2H2I2OS. The summed E-state index contributed by atoms with van der Waals surface area (Å²) in [6.07, 6.45) is 0. The van der Waals surface area contributed by atoms with Crippen LogP contribution in [-0.4, -0.2) is 9.54 Å². The molecule has 4 heteroatoms. The molecule has 0 N–H and O–H groups in total. The Hall–Kier alpha value is 1.48. The van der Waals surface area contributed by atoms with Crippen LogP contribution in [0.2, 0.25) is 0 Å². The van der Waals surface area contributed by atoms with Gasteiger partial charge in [0.25, 0.3) is 0 Å². The lowest BCUT2D eigenvalue weighted by Gasteiger charge is -1.76. The van der Waals surface area contributed by atoms with Gasteiger partial charge in [-0.05, 0) is 21.2 Å². The normalized spacial score (nSPS) is 8.33. The summed E-state index contributed by atoms with van der Waals surface area (Å²) in [6, 6.07) is 0. The molecule has 0 bridgehead atoms. The number of hydrogen-bond acceptors (Lipinski definition) is 2. The lowest BCUT2D eigenvalue weighted by atomic mass is 10.9. The van der Waals surface area contributed by atoms with E-state index in [1.165, 1.54) is 8.93 Å². The second-order valence-corrected chi connectivity index (χ2v) is 4.19. The summed E-state index contributed by atoms with van der Waals surface area (Å²) < 4.78 is 0.215. The van der Waals surface area contributed by atoms with Gasteiger partial charge in [0.15, 0.2) is 0 Å². The number of rotatable bonds is 2. The Morgan fingerprint density at radius 2 is 2.33 bits per heavy atom. The molecule has 1 nitrogen and oxygen atoms in total. The Labute approximate surface area is 66.4 Å². The van der Waals surface area contributed by atoms with Crippen LogP contribution in [0.1, 0.15) is 0 Å². The second kappa shape index (κ2) is 4.63. The largest absolute Gasteiger partial charge is 0.287 e. The van der Waals surface area contributed by atoms with Crippen LogP contribution >= 0.6 is 52.7 Å². The van der Waals surface area contributed by atoms with Crippen LogP contribution in [0.15, 0.2) is 0 Å². The van der Waals surface area contributed by atoms with Crippen molar-refractivity contribution in [1.82, 2.24) is 0 Å². The fourth-order valence-electron chi connectivity index (χ4n) is 0.0429. The maximum atomic E-state index is 10.0. The van der Waals surface area contributed by atoms with Crippen LogP contribution in [0.3, 0.4) is 0 Å². The summed E-state index contributed by atoms with van der Waals surface area (Å²) in [5.41, 5.74) is 0. The average molecular weight is 328 g/mol. The van der Waals surface area contributed by atoms with Crippen LogP contribution in [0, 0.1) is 0 Å². The Bertz CT molecular complexity index is 55.5. The van der Waals surface area contributed by atoms with Crippen LogP contribution in [0.4, 0.5) is 0 Å². The van der Waals surface area contributed by atoms with Crippen molar-refractivity contribution in [1.29, 1.82) is 0 Å². The highest BCUT2D eigenvalue weighted by molar-refractivity contribution is 14.2. The minimum Gasteiger partial charge on any atom is -0.287 e. The van der Waals surface area contributed by atoms with Gasteiger partial charge in [-0.2, -0.15) is 0 Å².